The molecule has 5 heterocycles. The van der Waals surface area contributed by atoms with Gasteiger partial charge in [-0.15, -0.1) is 0 Å². The van der Waals surface area contributed by atoms with Crippen molar-refractivity contribution in [2.75, 3.05) is 52.6 Å². The normalized spacial score (nSPS) is 10.2. The third kappa shape index (κ3) is 19.5. The molecule has 0 atom stereocenters. The van der Waals surface area contributed by atoms with E-state index in [1.165, 1.54) is 0 Å². The third-order valence-corrected chi connectivity index (χ3v) is 14.0. The summed E-state index contributed by atoms with van der Waals surface area (Å²) in [5.74, 6) is 45.3. The van der Waals surface area contributed by atoms with Gasteiger partial charge in [0.05, 0.1) is 49.0 Å². The lowest BCUT2D eigenvalue weighted by molar-refractivity contribution is -0.123. The molecule has 7 aromatic rings. The maximum atomic E-state index is 12.8. The molecular formula is C80H66N8O8. The summed E-state index contributed by atoms with van der Waals surface area (Å²) in [5.41, 5.74) is 11.6. The maximum Gasteiger partial charge on any atom is 0.258 e. The van der Waals surface area contributed by atoms with Crippen LogP contribution in [0.25, 0.3) is 90.9 Å². The lowest BCUT2D eigenvalue weighted by Gasteiger charge is -2.10. The standard InChI is InChI=1S/C80H66N8O8/c1-5-9-13-17-21-49-81-73(89)53-93-61-33-25-57(26-34-61)77-65-41-43-67(85-65)78(58-27-35-62(36-28-58)94-54-74(90)82-50-22-18-14-10-6-2)69-45-47-71(87-69)80(60-31-39-64(40-32-60)96-56-76(92)84-52-24-20-16-12-8-4)72-48-46-70(88-72)79(68-44-42-66(77)86-68)59-29-37-63(38-30-59)95-55-75(91)83-51-23-19-15-11-7-3/h25-48,85,88H,5-8,49-56H2,1-4H3,(H,81,89)(H,82,90)(H,83,91)(H,84,92). The molecule has 0 radical (unpaired) electrons. The predicted molar refractivity (Wildman–Crippen MR) is 378 cm³/mol. The first kappa shape index (κ1) is 67.4. The van der Waals surface area contributed by atoms with Gasteiger partial charge in [-0.25, -0.2) is 9.97 Å². The second-order valence-corrected chi connectivity index (χ2v) is 20.7. The summed E-state index contributed by atoms with van der Waals surface area (Å²) >= 11 is 0. The van der Waals surface area contributed by atoms with E-state index in [0.29, 0.717) is 71.5 Å². The molecular weight excluding hydrogens is 1200 g/mol. The molecule has 0 saturated carbocycles. The summed E-state index contributed by atoms with van der Waals surface area (Å²) in [6, 6.07) is 37.8. The number of carbonyl (C=O) groups is 4. The first-order valence-electron chi connectivity index (χ1n) is 31.1. The number of benzene rings is 4. The van der Waals surface area contributed by atoms with Crippen molar-refractivity contribution in [3.63, 3.8) is 0 Å². The molecule has 6 N–H and O–H groups in total. The Labute approximate surface area is 558 Å². The molecule has 2 aliphatic rings. The minimum absolute atomic E-state index is 0.139. The number of carbonyl (C=O) groups excluding carboxylic acids is 4. The Morgan fingerprint density at radius 3 is 0.729 bits per heavy atom. The highest BCUT2D eigenvalue weighted by molar-refractivity contribution is 6.00. The Hall–Kier alpha value is -13.0. The van der Waals surface area contributed by atoms with Gasteiger partial charge in [0.1, 0.15) is 23.0 Å². The van der Waals surface area contributed by atoms with Gasteiger partial charge in [-0.2, -0.15) is 0 Å². The number of H-pyrrole nitrogens is 2. The highest BCUT2D eigenvalue weighted by atomic mass is 16.5. The fourth-order valence-electron chi connectivity index (χ4n) is 9.55. The lowest BCUT2D eigenvalue weighted by atomic mass is 10.0. The van der Waals surface area contributed by atoms with E-state index < -0.39 is 0 Å². The SMILES string of the molecule is CCC#CC#CCNC(=O)COc1ccc(-c2c3nc(c(-c4ccc(OCC(=O)NCC#CC#CCC)cc4)c4ccc([nH]4)c(-c4ccc(OCC(=O)NCC#CC#CCC)cc4)c4nc(c(-c5ccc(OCC(=O)NCC#CC#CCC)cc5)c5ccc2[nH]5)C=C4)C=C3)cc1. The van der Waals surface area contributed by atoms with Crippen LogP contribution in [0.4, 0.5) is 0 Å². The average molecular weight is 1270 g/mol. The largest absolute Gasteiger partial charge is 0.484 e. The molecule has 8 bridgehead atoms. The summed E-state index contributed by atoms with van der Waals surface area (Å²) in [6.45, 7) is 7.41. The summed E-state index contributed by atoms with van der Waals surface area (Å²) in [6.07, 6.45) is 10.7. The van der Waals surface area contributed by atoms with E-state index in [0.717, 1.165) is 66.6 Å². The van der Waals surface area contributed by atoms with Crippen LogP contribution >= 0.6 is 0 Å². The summed E-state index contributed by atoms with van der Waals surface area (Å²) in [7, 11) is 0. The second-order valence-electron chi connectivity index (χ2n) is 20.7. The molecule has 4 amide bonds. The third-order valence-electron chi connectivity index (χ3n) is 14.0. The van der Waals surface area contributed by atoms with E-state index in [1.807, 2.05) is 173 Å². The molecule has 0 aliphatic carbocycles. The highest BCUT2D eigenvalue weighted by Gasteiger charge is 2.20. The van der Waals surface area contributed by atoms with Crippen molar-refractivity contribution in [2.45, 2.75) is 53.4 Å². The number of aromatic nitrogens is 4. The zero-order valence-corrected chi connectivity index (χ0v) is 53.5. The molecule has 4 aromatic carbocycles. The molecule has 9 rings (SSSR count). The number of rotatable bonds is 20. The fourth-order valence-corrected chi connectivity index (χ4v) is 9.55. The predicted octanol–water partition coefficient (Wildman–Crippen LogP) is 11.0. The zero-order valence-electron chi connectivity index (χ0n) is 53.5. The van der Waals surface area contributed by atoms with E-state index in [4.69, 9.17) is 28.9 Å². The van der Waals surface area contributed by atoms with Crippen LogP contribution in [-0.4, -0.2) is 96.2 Å². The molecule has 0 spiro atoms. The van der Waals surface area contributed by atoms with E-state index >= 15 is 0 Å². The minimum atomic E-state index is -0.332. The summed E-state index contributed by atoms with van der Waals surface area (Å²) in [5, 5.41) is 11.0. The summed E-state index contributed by atoms with van der Waals surface area (Å²) < 4.78 is 23.8. The first-order chi connectivity index (χ1) is 47.1. The smallest absolute Gasteiger partial charge is 0.258 e. The second kappa shape index (κ2) is 35.6. The number of hydrogen-bond acceptors (Lipinski definition) is 10. The fraction of sp³-hybridized carbons (Fsp3) is 0.200. The molecule has 96 heavy (non-hydrogen) atoms. The molecule has 0 unspecified atom stereocenters. The summed E-state index contributed by atoms with van der Waals surface area (Å²) in [4.78, 5) is 69.5. The van der Waals surface area contributed by atoms with Gasteiger partial charge in [-0.3, -0.25) is 19.2 Å². The van der Waals surface area contributed by atoms with Crippen molar-refractivity contribution in [1.29, 1.82) is 0 Å². The van der Waals surface area contributed by atoms with Crippen molar-refractivity contribution >= 4 is 70.0 Å². The Morgan fingerprint density at radius 2 is 0.521 bits per heavy atom. The van der Waals surface area contributed by atoms with E-state index in [1.54, 1.807) is 0 Å². The van der Waals surface area contributed by atoms with Crippen LogP contribution in [0.15, 0.2) is 121 Å². The van der Waals surface area contributed by atoms with Crippen LogP contribution in [-0.2, 0) is 19.2 Å². The number of aromatic amines is 2. The zero-order chi connectivity index (χ0) is 67.1. The quantitative estimate of drug-likeness (QED) is 0.0398. The van der Waals surface area contributed by atoms with Crippen LogP contribution in [0, 0.1) is 94.7 Å². The number of nitrogens with one attached hydrogen (secondary N) is 6. The van der Waals surface area contributed by atoms with E-state index in [9.17, 15) is 19.2 Å². The van der Waals surface area contributed by atoms with Gasteiger partial charge in [-0.1, -0.05) is 124 Å². The maximum absolute atomic E-state index is 12.8. The van der Waals surface area contributed by atoms with Gasteiger partial charge >= 0.3 is 0 Å². The lowest BCUT2D eigenvalue weighted by Crippen LogP contribution is -2.29. The Balaban J connectivity index is 1.16. The molecule has 0 fully saturated rings. The van der Waals surface area contributed by atoms with E-state index in [-0.39, 0.29) is 76.2 Å². The van der Waals surface area contributed by atoms with Gasteiger partial charge in [0.25, 0.3) is 23.6 Å². The van der Waals surface area contributed by atoms with Crippen molar-refractivity contribution in [3.05, 3.63) is 144 Å². The van der Waals surface area contributed by atoms with Crippen molar-refractivity contribution < 1.29 is 38.1 Å². The number of nitrogens with zero attached hydrogens (tertiary/aromatic N) is 2. The average Bonchev–Trinajstić information content (AvgIpc) is 1.65. The molecule has 16 nitrogen and oxygen atoms in total. The van der Waals surface area contributed by atoms with Crippen LogP contribution < -0.4 is 40.2 Å². The van der Waals surface area contributed by atoms with Crippen LogP contribution in [0.5, 0.6) is 23.0 Å². The number of fused-ring (bicyclic) bond motifs is 8. The topological polar surface area (TPSA) is 211 Å². The molecule has 474 valence electrons. The van der Waals surface area contributed by atoms with Gasteiger partial charge in [0, 0.05) is 70.0 Å². The molecule has 16 heteroatoms. The number of hydrogen-bond donors (Lipinski definition) is 6. The van der Waals surface area contributed by atoms with Gasteiger partial charge in [-0.05, 0) is 167 Å². The Morgan fingerprint density at radius 1 is 0.312 bits per heavy atom. The molecule has 3 aromatic heterocycles. The number of ether oxygens (including phenoxy) is 4. The molecule has 2 aliphatic heterocycles. The van der Waals surface area contributed by atoms with Crippen molar-refractivity contribution in [2.24, 2.45) is 0 Å². The van der Waals surface area contributed by atoms with E-state index in [2.05, 4.69) is 126 Å². The van der Waals surface area contributed by atoms with Crippen molar-refractivity contribution in [1.82, 2.24) is 41.2 Å². The Kier molecular flexibility index (Phi) is 25.0. The highest BCUT2D eigenvalue weighted by Crippen LogP contribution is 2.40. The minimum Gasteiger partial charge on any atom is -0.484 e. The van der Waals surface area contributed by atoms with Gasteiger partial charge in [0.2, 0.25) is 0 Å². The number of amides is 4. The van der Waals surface area contributed by atoms with Crippen LogP contribution in [0.3, 0.4) is 0 Å². The first-order valence-corrected chi connectivity index (χ1v) is 31.1. The van der Waals surface area contributed by atoms with Crippen molar-refractivity contribution in [3.8, 4) is 162 Å². The van der Waals surface area contributed by atoms with Gasteiger partial charge in [0.15, 0.2) is 26.4 Å². The Bertz CT molecular complexity index is 4220. The van der Waals surface area contributed by atoms with Crippen LogP contribution in [0.2, 0.25) is 0 Å². The monoisotopic (exact) mass is 1270 g/mol. The van der Waals surface area contributed by atoms with Gasteiger partial charge < -0.3 is 50.2 Å². The molecule has 0 saturated heterocycles. The van der Waals surface area contributed by atoms with Crippen LogP contribution in [0.1, 0.15) is 76.2 Å².